The van der Waals surface area contributed by atoms with Gasteiger partial charge in [-0.1, -0.05) is 17.7 Å². The highest BCUT2D eigenvalue weighted by Gasteiger charge is 2.00. The highest BCUT2D eigenvalue weighted by Crippen LogP contribution is 2.14. The first-order valence-corrected chi connectivity index (χ1v) is 6.80. The molecule has 0 atom stereocenters. The van der Waals surface area contributed by atoms with Crippen LogP contribution in [0.25, 0.3) is 0 Å². The van der Waals surface area contributed by atoms with Crippen LogP contribution in [0.3, 0.4) is 0 Å². The van der Waals surface area contributed by atoms with E-state index in [1.165, 1.54) is 0 Å². The number of amides is 2. The summed E-state index contributed by atoms with van der Waals surface area (Å²) in [6.07, 6.45) is 1.62. The third kappa shape index (κ3) is 4.08. The van der Waals surface area contributed by atoms with Crippen molar-refractivity contribution in [1.29, 1.82) is 0 Å². The van der Waals surface area contributed by atoms with Gasteiger partial charge in [0.15, 0.2) is 0 Å². The summed E-state index contributed by atoms with van der Waals surface area (Å²) in [6.45, 7) is 1.99. The summed E-state index contributed by atoms with van der Waals surface area (Å²) in [5, 5.41) is 9.06. The molecule has 4 nitrogen and oxygen atoms in total. The quantitative estimate of drug-likeness (QED) is 0.655. The van der Waals surface area contributed by atoms with Gasteiger partial charge in [0.1, 0.15) is 0 Å². The lowest BCUT2D eigenvalue weighted by atomic mass is 10.3. The van der Waals surface area contributed by atoms with Gasteiger partial charge in [-0.15, -0.1) is 11.3 Å². The van der Waals surface area contributed by atoms with Crippen LogP contribution in [-0.4, -0.2) is 12.2 Å². The number of nitrogens with zero attached hydrogens (tertiary/aromatic N) is 1. The molecule has 0 fully saturated rings. The van der Waals surface area contributed by atoms with Gasteiger partial charge in [-0.05, 0) is 42.1 Å². The van der Waals surface area contributed by atoms with Gasteiger partial charge in [-0.2, -0.15) is 5.10 Å². The molecule has 0 saturated carbocycles. The van der Waals surface area contributed by atoms with Crippen molar-refractivity contribution in [3.05, 3.63) is 51.2 Å². The molecule has 2 N–H and O–H groups in total. The van der Waals surface area contributed by atoms with Crippen LogP contribution in [0.4, 0.5) is 10.5 Å². The minimum atomic E-state index is -0.410. The fraction of sp³-hybridized carbons (Fsp3) is 0.0769. The molecule has 0 bridgehead atoms. The molecule has 1 aromatic carbocycles. The molecule has 1 heterocycles. The molecule has 0 spiro atoms. The molecule has 19 heavy (non-hydrogen) atoms. The molecule has 98 valence electrons. The molecule has 1 aromatic heterocycles. The van der Waals surface area contributed by atoms with E-state index >= 15 is 0 Å². The maximum absolute atomic E-state index is 11.6. The summed E-state index contributed by atoms with van der Waals surface area (Å²) < 4.78 is 0. The van der Waals surface area contributed by atoms with Crippen molar-refractivity contribution in [1.82, 2.24) is 5.43 Å². The van der Waals surface area contributed by atoms with Gasteiger partial charge in [0, 0.05) is 15.6 Å². The Kier molecular flexibility index (Phi) is 4.54. The van der Waals surface area contributed by atoms with Gasteiger partial charge < -0.3 is 5.32 Å². The SMILES string of the molecule is Cc1ccsc1/C=N\NC(=O)Nc1cccc(Cl)c1. The van der Waals surface area contributed by atoms with E-state index in [-0.39, 0.29) is 0 Å². The van der Waals surface area contributed by atoms with Crippen LogP contribution in [0.15, 0.2) is 40.8 Å². The van der Waals surface area contributed by atoms with Crippen molar-refractivity contribution in [2.75, 3.05) is 5.32 Å². The Morgan fingerprint density at radius 1 is 1.42 bits per heavy atom. The molecular weight excluding hydrogens is 282 g/mol. The minimum Gasteiger partial charge on any atom is -0.306 e. The molecule has 0 saturated heterocycles. The summed E-state index contributed by atoms with van der Waals surface area (Å²) in [6, 6.07) is 8.50. The summed E-state index contributed by atoms with van der Waals surface area (Å²) in [5.74, 6) is 0. The van der Waals surface area contributed by atoms with E-state index < -0.39 is 6.03 Å². The summed E-state index contributed by atoms with van der Waals surface area (Å²) in [7, 11) is 0. The molecule has 0 aliphatic carbocycles. The lowest BCUT2D eigenvalue weighted by molar-refractivity contribution is 0.252. The smallest absolute Gasteiger partial charge is 0.306 e. The summed E-state index contributed by atoms with van der Waals surface area (Å²) in [4.78, 5) is 12.6. The molecule has 2 amide bonds. The Labute approximate surface area is 120 Å². The van der Waals surface area contributed by atoms with Crippen LogP contribution in [0.5, 0.6) is 0 Å². The number of benzene rings is 1. The second-order valence-corrected chi connectivity index (χ2v) is 5.19. The fourth-order valence-electron chi connectivity index (χ4n) is 1.39. The Morgan fingerprint density at radius 2 is 2.26 bits per heavy atom. The van der Waals surface area contributed by atoms with Gasteiger partial charge in [0.2, 0.25) is 0 Å². The van der Waals surface area contributed by atoms with Crippen LogP contribution >= 0.6 is 22.9 Å². The standard InChI is InChI=1S/C13H12ClN3OS/c1-9-5-6-19-12(9)8-15-17-13(18)16-11-4-2-3-10(14)7-11/h2-8H,1H3,(H2,16,17,18)/b15-8-. The van der Waals surface area contributed by atoms with E-state index in [9.17, 15) is 4.79 Å². The molecule has 0 aliphatic rings. The van der Waals surface area contributed by atoms with Crippen molar-refractivity contribution >= 4 is 40.9 Å². The van der Waals surface area contributed by atoms with Gasteiger partial charge in [0.25, 0.3) is 0 Å². The van der Waals surface area contributed by atoms with Crippen molar-refractivity contribution in [3.8, 4) is 0 Å². The predicted octanol–water partition coefficient (Wildman–Crippen LogP) is 3.87. The normalized spacial score (nSPS) is 10.6. The summed E-state index contributed by atoms with van der Waals surface area (Å²) >= 11 is 7.39. The fourth-order valence-corrected chi connectivity index (χ4v) is 2.37. The van der Waals surface area contributed by atoms with Crippen molar-refractivity contribution < 1.29 is 4.79 Å². The number of carbonyl (C=O) groups is 1. The van der Waals surface area contributed by atoms with E-state index in [0.717, 1.165) is 10.4 Å². The number of hydrogen-bond acceptors (Lipinski definition) is 3. The Balaban J connectivity index is 1.88. The zero-order valence-electron chi connectivity index (χ0n) is 10.2. The van der Waals surface area contributed by atoms with E-state index in [2.05, 4.69) is 15.8 Å². The largest absolute Gasteiger partial charge is 0.339 e. The maximum atomic E-state index is 11.6. The number of hydrogen-bond donors (Lipinski definition) is 2. The Hall–Kier alpha value is -1.85. The number of nitrogens with one attached hydrogen (secondary N) is 2. The average Bonchev–Trinajstić information content (AvgIpc) is 2.75. The number of halogens is 1. The number of hydrazone groups is 1. The number of aryl methyl sites for hydroxylation is 1. The Morgan fingerprint density at radius 3 is 2.95 bits per heavy atom. The Bertz CT molecular complexity index is 609. The van der Waals surface area contributed by atoms with Crippen molar-refractivity contribution in [3.63, 3.8) is 0 Å². The number of anilines is 1. The lowest BCUT2D eigenvalue weighted by Gasteiger charge is -2.03. The molecule has 2 rings (SSSR count). The van der Waals surface area contributed by atoms with Crippen LogP contribution in [-0.2, 0) is 0 Å². The molecule has 6 heteroatoms. The number of rotatable bonds is 3. The van der Waals surface area contributed by atoms with Gasteiger partial charge in [-0.25, -0.2) is 10.2 Å². The zero-order valence-corrected chi connectivity index (χ0v) is 11.8. The monoisotopic (exact) mass is 293 g/mol. The zero-order chi connectivity index (χ0) is 13.7. The third-order valence-corrected chi connectivity index (χ3v) is 3.52. The molecule has 0 radical (unpaired) electrons. The van der Waals surface area contributed by atoms with Gasteiger partial charge >= 0.3 is 6.03 Å². The topological polar surface area (TPSA) is 53.5 Å². The average molecular weight is 294 g/mol. The third-order valence-electron chi connectivity index (χ3n) is 2.33. The second-order valence-electron chi connectivity index (χ2n) is 3.80. The second kappa shape index (κ2) is 6.36. The van der Waals surface area contributed by atoms with E-state index in [4.69, 9.17) is 11.6 Å². The number of carbonyl (C=O) groups excluding carboxylic acids is 1. The minimum absolute atomic E-state index is 0.410. The first kappa shape index (κ1) is 13.6. The van der Waals surface area contributed by atoms with Crippen LogP contribution in [0.1, 0.15) is 10.4 Å². The van der Waals surface area contributed by atoms with Gasteiger partial charge in [-0.3, -0.25) is 0 Å². The lowest BCUT2D eigenvalue weighted by Crippen LogP contribution is -2.24. The van der Waals surface area contributed by atoms with Crippen molar-refractivity contribution in [2.24, 2.45) is 5.10 Å². The first-order valence-electron chi connectivity index (χ1n) is 5.55. The van der Waals surface area contributed by atoms with E-state index in [0.29, 0.717) is 10.7 Å². The maximum Gasteiger partial charge on any atom is 0.339 e. The van der Waals surface area contributed by atoms with Crippen LogP contribution < -0.4 is 10.7 Å². The highest BCUT2D eigenvalue weighted by molar-refractivity contribution is 7.11. The molecule has 0 unspecified atom stereocenters. The van der Waals surface area contributed by atoms with Crippen LogP contribution in [0.2, 0.25) is 5.02 Å². The first-order chi connectivity index (χ1) is 9.15. The number of urea groups is 1. The van der Waals surface area contributed by atoms with Gasteiger partial charge in [0.05, 0.1) is 6.21 Å². The predicted molar refractivity (Wildman–Crippen MR) is 80.3 cm³/mol. The van der Waals surface area contributed by atoms with Crippen molar-refractivity contribution in [2.45, 2.75) is 6.92 Å². The van der Waals surface area contributed by atoms with Crippen LogP contribution in [0, 0.1) is 6.92 Å². The summed E-state index contributed by atoms with van der Waals surface area (Å²) in [5.41, 5.74) is 4.15. The van der Waals surface area contributed by atoms with E-state index in [1.807, 2.05) is 18.4 Å². The molecular formula is C13H12ClN3OS. The molecule has 0 aliphatic heterocycles. The number of thiophene rings is 1. The molecule has 2 aromatic rings. The van der Waals surface area contributed by atoms with E-state index in [1.54, 1.807) is 41.8 Å². The highest BCUT2D eigenvalue weighted by atomic mass is 35.5.